The highest BCUT2D eigenvalue weighted by molar-refractivity contribution is 5.91. The first-order valence-electron chi connectivity index (χ1n) is 11.4. The molecule has 36 heavy (non-hydrogen) atoms. The van der Waals surface area contributed by atoms with E-state index in [1.54, 1.807) is 12.1 Å². The molecule has 1 atom stereocenters. The third kappa shape index (κ3) is 4.50. The largest absolute Gasteiger partial charge is 0.420 e. The summed E-state index contributed by atoms with van der Waals surface area (Å²) >= 11 is 0. The van der Waals surface area contributed by atoms with Crippen LogP contribution in [0.3, 0.4) is 0 Å². The summed E-state index contributed by atoms with van der Waals surface area (Å²) in [5.74, 6) is -5.87. The number of halogens is 4. The van der Waals surface area contributed by atoms with Crippen molar-refractivity contribution in [2.45, 2.75) is 19.4 Å². The molecular weight excluding hydrogens is 472 g/mol. The van der Waals surface area contributed by atoms with Crippen molar-refractivity contribution in [3.63, 3.8) is 0 Å². The summed E-state index contributed by atoms with van der Waals surface area (Å²) in [5.41, 5.74) is 2.16. The number of benzene rings is 4. The van der Waals surface area contributed by atoms with Gasteiger partial charge in [-0.15, -0.1) is 0 Å². The zero-order valence-corrected chi connectivity index (χ0v) is 19.2. The van der Waals surface area contributed by atoms with E-state index in [1.165, 1.54) is 48.5 Å². The van der Waals surface area contributed by atoms with E-state index in [9.17, 15) is 22.4 Å². The lowest BCUT2D eigenvalue weighted by Gasteiger charge is -2.11. The lowest BCUT2D eigenvalue weighted by molar-refractivity contribution is 0.0727. The van der Waals surface area contributed by atoms with Crippen molar-refractivity contribution in [2.75, 3.05) is 6.61 Å². The zero-order chi connectivity index (χ0) is 25.4. The molecule has 1 aliphatic heterocycles. The van der Waals surface area contributed by atoms with E-state index in [4.69, 9.17) is 9.47 Å². The second-order valence-corrected chi connectivity index (χ2v) is 8.41. The van der Waals surface area contributed by atoms with Gasteiger partial charge in [-0.1, -0.05) is 55.5 Å². The zero-order valence-electron chi connectivity index (χ0n) is 19.2. The number of aryl methyl sites for hydroxylation is 1. The SMILES string of the molecule is CCc1ccc(-c2ccc(OC(=O)c3ccc(-c4ccc(C5CO5)c(F)c4F)cc3)c(F)c2F)cc1. The molecule has 0 bridgehead atoms. The van der Waals surface area contributed by atoms with Crippen molar-refractivity contribution in [3.8, 4) is 28.0 Å². The summed E-state index contributed by atoms with van der Waals surface area (Å²) in [6.45, 7) is 2.35. The molecule has 1 unspecified atom stereocenters. The van der Waals surface area contributed by atoms with Gasteiger partial charge in [-0.3, -0.25) is 0 Å². The van der Waals surface area contributed by atoms with Crippen LogP contribution >= 0.6 is 0 Å². The predicted molar refractivity (Wildman–Crippen MR) is 127 cm³/mol. The molecule has 0 amide bonds. The first kappa shape index (κ1) is 23.8. The van der Waals surface area contributed by atoms with E-state index in [1.807, 2.05) is 19.1 Å². The molecule has 4 aromatic rings. The topological polar surface area (TPSA) is 38.8 Å². The number of esters is 1. The lowest BCUT2D eigenvalue weighted by Crippen LogP contribution is -2.10. The molecule has 3 nitrogen and oxygen atoms in total. The van der Waals surface area contributed by atoms with Crippen LogP contribution in [0, 0.1) is 23.3 Å². The highest BCUT2D eigenvalue weighted by atomic mass is 19.2. The normalized spacial score (nSPS) is 14.5. The summed E-state index contributed by atoms with van der Waals surface area (Å²) in [7, 11) is 0. The van der Waals surface area contributed by atoms with Gasteiger partial charge >= 0.3 is 5.97 Å². The molecule has 182 valence electrons. The Hall–Kier alpha value is -3.97. The second-order valence-electron chi connectivity index (χ2n) is 8.41. The van der Waals surface area contributed by atoms with Gasteiger partial charge in [0.05, 0.1) is 12.2 Å². The molecule has 0 saturated carbocycles. The van der Waals surface area contributed by atoms with E-state index in [2.05, 4.69) is 0 Å². The van der Waals surface area contributed by atoms with Crippen LogP contribution in [0.5, 0.6) is 5.75 Å². The smallest absolute Gasteiger partial charge is 0.343 e. The Morgan fingerprint density at radius 2 is 1.33 bits per heavy atom. The standard InChI is InChI=1S/C29H20F4O3/c1-2-16-3-5-17(6-4-16)21-13-14-23(28(33)26(21)31)36-29(34)19-9-7-18(8-10-19)20-11-12-22(24-15-35-24)27(32)25(20)30/h3-14,24H,2,15H2,1H3. The fourth-order valence-electron chi connectivity index (χ4n) is 3.96. The van der Waals surface area contributed by atoms with E-state index in [-0.39, 0.29) is 22.3 Å². The fourth-order valence-corrected chi connectivity index (χ4v) is 3.96. The first-order chi connectivity index (χ1) is 17.4. The monoisotopic (exact) mass is 492 g/mol. The number of ether oxygens (including phenoxy) is 2. The van der Waals surface area contributed by atoms with Crippen LogP contribution in [-0.4, -0.2) is 12.6 Å². The Bertz CT molecular complexity index is 1440. The number of hydrogen-bond acceptors (Lipinski definition) is 3. The molecule has 0 radical (unpaired) electrons. The van der Waals surface area contributed by atoms with Crippen molar-refractivity contribution in [3.05, 3.63) is 113 Å². The molecule has 0 N–H and O–H groups in total. The van der Waals surface area contributed by atoms with Crippen molar-refractivity contribution < 1.29 is 31.8 Å². The minimum atomic E-state index is -1.28. The van der Waals surface area contributed by atoms with Gasteiger partial charge in [0.15, 0.2) is 23.2 Å². The van der Waals surface area contributed by atoms with Gasteiger partial charge in [0.2, 0.25) is 5.82 Å². The minimum absolute atomic E-state index is 0.0208. The number of rotatable bonds is 6. The summed E-state index contributed by atoms with van der Waals surface area (Å²) in [6.07, 6.45) is 0.396. The highest BCUT2D eigenvalue weighted by Gasteiger charge is 2.30. The van der Waals surface area contributed by atoms with Gasteiger partial charge in [-0.25, -0.2) is 18.0 Å². The van der Waals surface area contributed by atoms with E-state index < -0.39 is 41.1 Å². The molecule has 1 heterocycles. The molecule has 5 rings (SSSR count). The van der Waals surface area contributed by atoms with E-state index >= 15 is 0 Å². The summed E-state index contributed by atoms with van der Waals surface area (Å²) in [6, 6.07) is 18.0. The van der Waals surface area contributed by atoms with Crippen molar-refractivity contribution >= 4 is 5.97 Å². The van der Waals surface area contributed by atoms with E-state index in [0.717, 1.165) is 12.0 Å². The average molecular weight is 492 g/mol. The minimum Gasteiger partial charge on any atom is -0.420 e. The Morgan fingerprint density at radius 3 is 1.92 bits per heavy atom. The third-order valence-electron chi connectivity index (χ3n) is 6.15. The summed E-state index contributed by atoms with van der Waals surface area (Å²) in [4.78, 5) is 12.5. The molecule has 0 spiro atoms. The number of hydrogen-bond donors (Lipinski definition) is 0. The van der Waals surface area contributed by atoms with Crippen LogP contribution in [0.2, 0.25) is 0 Å². The van der Waals surface area contributed by atoms with Crippen molar-refractivity contribution in [1.82, 2.24) is 0 Å². The molecular formula is C29H20F4O3. The van der Waals surface area contributed by atoms with Crippen LogP contribution in [0.15, 0.2) is 72.8 Å². The molecule has 1 aliphatic rings. The van der Waals surface area contributed by atoms with Gasteiger partial charge < -0.3 is 9.47 Å². The Labute approximate surface area is 204 Å². The molecule has 1 saturated heterocycles. The summed E-state index contributed by atoms with van der Waals surface area (Å²) in [5, 5.41) is 0. The van der Waals surface area contributed by atoms with Gasteiger partial charge in [0, 0.05) is 16.7 Å². The van der Waals surface area contributed by atoms with Gasteiger partial charge in [0.25, 0.3) is 0 Å². The van der Waals surface area contributed by atoms with E-state index in [0.29, 0.717) is 17.7 Å². The van der Waals surface area contributed by atoms with Gasteiger partial charge in [-0.2, -0.15) is 4.39 Å². The number of carbonyl (C=O) groups excluding carboxylic acids is 1. The molecule has 4 aromatic carbocycles. The van der Waals surface area contributed by atoms with Gasteiger partial charge in [0.1, 0.15) is 6.10 Å². The maximum Gasteiger partial charge on any atom is 0.343 e. The second kappa shape index (κ2) is 9.59. The maximum atomic E-state index is 14.7. The Balaban J connectivity index is 1.34. The van der Waals surface area contributed by atoms with Crippen molar-refractivity contribution in [2.24, 2.45) is 0 Å². The van der Waals surface area contributed by atoms with Crippen LogP contribution in [0.4, 0.5) is 17.6 Å². The van der Waals surface area contributed by atoms with Crippen LogP contribution in [0.25, 0.3) is 22.3 Å². The van der Waals surface area contributed by atoms with Crippen LogP contribution in [0.1, 0.15) is 34.5 Å². The quantitative estimate of drug-likeness (QED) is 0.122. The number of epoxide rings is 1. The third-order valence-corrected chi connectivity index (χ3v) is 6.15. The molecule has 7 heteroatoms. The van der Waals surface area contributed by atoms with Gasteiger partial charge in [-0.05, 0) is 47.4 Å². The molecule has 1 fully saturated rings. The number of carbonyl (C=O) groups is 1. The lowest BCUT2D eigenvalue weighted by atomic mass is 10.0. The predicted octanol–water partition coefficient (Wildman–Crippen LogP) is 7.43. The van der Waals surface area contributed by atoms with Crippen LogP contribution < -0.4 is 4.74 Å². The Kier molecular flexibility index (Phi) is 6.33. The van der Waals surface area contributed by atoms with Crippen molar-refractivity contribution in [1.29, 1.82) is 0 Å². The molecule has 0 aliphatic carbocycles. The fraction of sp³-hybridized carbons (Fsp3) is 0.138. The average Bonchev–Trinajstić information content (AvgIpc) is 3.74. The Morgan fingerprint density at radius 1 is 0.778 bits per heavy atom. The molecule has 0 aromatic heterocycles. The first-order valence-corrected chi connectivity index (χ1v) is 11.4. The van der Waals surface area contributed by atoms with Crippen LogP contribution in [-0.2, 0) is 11.2 Å². The highest BCUT2D eigenvalue weighted by Crippen LogP contribution is 2.36. The summed E-state index contributed by atoms with van der Waals surface area (Å²) < 4.78 is 68.4. The maximum absolute atomic E-state index is 14.7.